The van der Waals surface area contributed by atoms with Crippen LogP contribution < -0.4 is 10.6 Å². The maximum absolute atomic E-state index is 11.6. The maximum atomic E-state index is 11.6. The molecule has 0 unspecified atom stereocenters. The third kappa shape index (κ3) is 5.38. The van der Waals surface area contributed by atoms with Crippen molar-refractivity contribution < 1.29 is 4.79 Å². The second kappa shape index (κ2) is 7.89. The van der Waals surface area contributed by atoms with Gasteiger partial charge in [-0.15, -0.1) is 5.10 Å². The predicted molar refractivity (Wildman–Crippen MR) is 72.5 cm³/mol. The molecule has 1 aliphatic rings. The zero-order valence-electron chi connectivity index (χ0n) is 11.3. The van der Waals surface area contributed by atoms with Gasteiger partial charge in [0.25, 0.3) is 0 Å². The van der Waals surface area contributed by atoms with E-state index in [1.165, 1.54) is 43.2 Å². The lowest BCUT2D eigenvalue weighted by Gasteiger charge is -2.16. The summed E-state index contributed by atoms with van der Waals surface area (Å²) in [6.45, 7) is 1.75. The van der Waals surface area contributed by atoms with Crippen LogP contribution in [0.5, 0.6) is 0 Å². The number of carbonyl (C=O) groups is 1. The minimum absolute atomic E-state index is 0.0202. The molecule has 1 aromatic heterocycles. The van der Waals surface area contributed by atoms with Crippen LogP contribution in [0.4, 0.5) is 0 Å². The van der Waals surface area contributed by atoms with Gasteiger partial charge in [-0.05, 0) is 12.8 Å². The number of amides is 1. The van der Waals surface area contributed by atoms with Crippen LogP contribution in [0, 0.1) is 0 Å². The highest BCUT2D eigenvalue weighted by atomic mass is 16.2. The van der Waals surface area contributed by atoms with Crippen LogP contribution in [0.3, 0.4) is 0 Å². The smallest absolute Gasteiger partial charge is 0.241 e. The first-order valence-electron chi connectivity index (χ1n) is 7.19. The quantitative estimate of drug-likeness (QED) is 0.587. The summed E-state index contributed by atoms with van der Waals surface area (Å²) in [6, 6.07) is 0.634. The van der Waals surface area contributed by atoms with Gasteiger partial charge in [-0.2, -0.15) is 0 Å². The van der Waals surface area contributed by atoms with Crippen molar-refractivity contribution in [2.45, 2.75) is 51.1 Å². The fourth-order valence-corrected chi connectivity index (χ4v) is 2.48. The van der Waals surface area contributed by atoms with E-state index in [4.69, 9.17) is 0 Å². The monoisotopic (exact) mass is 265 g/mol. The van der Waals surface area contributed by atoms with E-state index in [-0.39, 0.29) is 12.5 Å². The topological polar surface area (TPSA) is 71.8 Å². The first-order chi connectivity index (χ1) is 9.34. The van der Waals surface area contributed by atoms with E-state index in [9.17, 15) is 4.79 Å². The molecule has 1 heterocycles. The summed E-state index contributed by atoms with van der Waals surface area (Å²) in [5.74, 6) is -0.0202. The van der Waals surface area contributed by atoms with E-state index >= 15 is 0 Å². The van der Waals surface area contributed by atoms with Crippen LogP contribution in [-0.4, -0.2) is 40.0 Å². The molecule has 1 aromatic rings. The van der Waals surface area contributed by atoms with Crippen LogP contribution in [0.2, 0.25) is 0 Å². The summed E-state index contributed by atoms with van der Waals surface area (Å²) in [4.78, 5) is 11.6. The summed E-state index contributed by atoms with van der Waals surface area (Å²) in [7, 11) is 0. The van der Waals surface area contributed by atoms with Crippen molar-refractivity contribution in [3.63, 3.8) is 0 Å². The normalized spacial score (nSPS) is 17.1. The average Bonchev–Trinajstić information content (AvgIpc) is 2.76. The van der Waals surface area contributed by atoms with E-state index in [1.54, 1.807) is 12.4 Å². The molecule has 1 amide bonds. The highest BCUT2D eigenvalue weighted by Gasteiger charge is 2.11. The van der Waals surface area contributed by atoms with E-state index < -0.39 is 0 Å². The van der Waals surface area contributed by atoms with Gasteiger partial charge in [0.2, 0.25) is 5.91 Å². The Bertz CT molecular complexity index is 357. The summed E-state index contributed by atoms with van der Waals surface area (Å²) in [5.41, 5.74) is 0. The molecule has 6 heteroatoms. The molecule has 0 spiro atoms. The zero-order valence-corrected chi connectivity index (χ0v) is 11.3. The molecular weight excluding hydrogens is 242 g/mol. The maximum Gasteiger partial charge on any atom is 0.241 e. The van der Waals surface area contributed by atoms with Crippen LogP contribution >= 0.6 is 0 Å². The third-order valence-corrected chi connectivity index (χ3v) is 3.51. The van der Waals surface area contributed by atoms with Crippen molar-refractivity contribution in [1.29, 1.82) is 0 Å². The highest BCUT2D eigenvalue weighted by Crippen LogP contribution is 2.16. The van der Waals surface area contributed by atoms with Gasteiger partial charge in [0.15, 0.2) is 0 Å². The van der Waals surface area contributed by atoms with Gasteiger partial charge < -0.3 is 10.6 Å². The summed E-state index contributed by atoms with van der Waals surface area (Å²) in [5, 5.41) is 13.8. The first kappa shape index (κ1) is 14.0. The average molecular weight is 265 g/mol. The van der Waals surface area contributed by atoms with Crippen molar-refractivity contribution >= 4 is 5.91 Å². The number of rotatable bonds is 6. The molecule has 0 bridgehead atoms. The van der Waals surface area contributed by atoms with E-state index in [0.717, 1.165) is 6.54 Å². The fourth-order valence-electron chi connectivity index (χ4n) is 2.48. The standard InChI is InChI=1S/C13H23N5O/c19-13(11-18-10-9-16-17-18)15-8-7-14-12-5-3-1-2-4-6-12/h9-10,12,14H,1-8,11H2,(H,15,19). The van der Waals surface area contributed by atoms with Crippen LogP contribution in [0.1, 0.15) is 38.5 Å². The van der Waals surface area contributed by atoms with Crippen molar-refractivity contribution in [2.75, 3.05) is 13.1 Å². The van der Waals surface area contributed by atoms with Crippen LogP contribution in [0.25, 0.3) is 0 Å². The van der Waals surface area contributed by atoms with Crippen molar-refractivity contribution in [2.24, 2.45) is 0 Å². The molecule has 0 aromatic carbocycles. The molecule has 2 rings (SSSR count). The Kier molecular flexibility index (Phi) is 5.81. The number of hydrogen-bond donors (Lipinski definition) is 2. The number of hydrogen-bond acceptors (Lipinski definition) is 4. The first-order valence-corrected chi connectivity index (χ1v) is 7.19. The Morgan fingerprint density at radius 2 is 2.00 bits per heavy atom. The number of nitrogens with one attached hydrogen (secondary N) is 2. The summed E-state index contributed by atoms with van der Waals surface area (Å²) in [6.07, 6.45) is 11.2. The molecular formula is C13H23N5O. The molecule has 1 fully saturated rings. The predicted octanol–water partition coefficient (Wildman–Crippen LogP) is 0.707. The van der Waals surface area contributed by atoms with E-state index in [2.05, 4.69) is 20.9 Å². The number of aromatic nitrogens is 3. The van der Waals surface area contributed by atoms with Crippen LogP contribution in [0.15, 0.2) is 12.4 Å². The second-order valence-corrected chi connectivity index (χ2v) is 5.09. The molecule has 19 heavy (non-hydrogen) atoms. The minimum atomic E-state index is -0.0202. The molecule has 1 aliphatic carbocycles. The van der Waals surface area contributed by atoms with Gasteiger partial charge >= 0.3 is 0 Å². The van der Waals surface area contributed by atoms with Crippen molar-refractivity contribution in [3.05, 3.63) is 12.4 Å². The largest absolute Gasteiger partial charge is 0.353 e. The van der Waals surface area contributed by atoms with E-state index in [0.29, 0.717) is 12.6 Å². The Labute approximate surface area is 113 Å². The lowest BCUT2D eigenvalue weighted by molar-refractivity contribution is -0.121. The number of carbonyl (C=O) groups excluding carboxylic acids is 1. The molecule has 1 saturated carbocycles. The van der Waals surface area contributed by atoms with Crippen molar-refractivity contribution in [3.8, 4) is 0 Å². The molecule has 2 N–H and O–H groups in total. The fraction of sp³-hybridized carbons (Fsp3) is 0.769. The third-order valence-electron chi connectivity index (χ3n) is 3.51. The molecule has 0 saturated heterocycles. The SMILES string of the molecule is O=C(Cn1ccnn1)NCCNC1CCCCCC1. The van der Waals surface area contributed by atoms with E-state index in [1.807, 2.05) is 0 Å². The molecule has 0 radical (unpaired) electrons. The zero-order chi connectivity index (χ0) is 13.3. The molecule has 0 aliphatic heterocycles. The van der Waals surface area contributed by atoms with Gasteiger partial charge in [-0.3, -0.25) is 4.79 Å². The van der Waals surface area contributed by atoms with Gasteiger partial charge in [0, 0.05) is 25.3 Å². The molecule has 106 valence electrons. The van der Waals surface area contributed by atoms with Crippen molar-refractivity contribution in [1.82, 2.24) is 25.6 Å². The van der Waals surface area contributed by atoms with Crippen LogP contribution in [-0.2, 0) is 11.3 Å². The lowest BCUT2D eigenvalue weighted by atomic mass is 10.1. The Morgan fingerprint density at radius 1 is 1.21 bits per heavy atom. The summed E-state index contributed by atoms with van der Waals surface area (Å²) < 4.78 is 1.52. The molecule has 0 atom stereocenters. The minimum Gasteiger partial charge on any atom is -0.353 e. The Balaban J connectivity index is 1.54. The van der Waals surface area contributed by atoms with Gasteiger partial charge in [0.05, 0.1) is 6.20 Å². The Morgan fingerprint density at radius 3 is 2.68 bits per heavy atom. The van der Waals surface area contributed by atoms with Gasteiger partial charge in [-0.1, -0.05) is 30.9 Å². The van der Waals surface area contributed by atoms with Gasteiger partial charge in [0.1, 0.15) is 6.54 Å². The second-order valence-electron chi connectivity index (χ2n) is 5.09. The number of nitrogens with zero attached hydrogens (tertiary/aromatic N) is 3. The summed E-state index contributed by atoms with van der Waals surface area (Å²) >= 11 is 0. The molecule has 6 nitrogen and oxygen atoms in total. The highest BCUT2D eigenvalue weighted by molar-refractivity contribution is 5.75. The Hall–Kier alpha value is -1.43. The lowest BCUT2D eigenvalue weighted by Crippen LogP contribution is -2.38. The van der Waals surface area contributed by atoms with Gasteiger partial charge in [-0.25, -0.2) is 4.68 Å².